The first-order valence-electron chi connectivity index (χ1n) is 14.8. The molecule has 3 aromatic rings. The molecule has 6 nitrogen and oxygen atoms in total. The quantitative estimate of drug-likeness (QED) is 0.245. The molecular formula is C32H33F6N3O3S. The highest BCUT2D eigenvalue weighted by atomic mass is 32.1. The minimum absolute atomic E-state index is 0.00598. The third-order valence-corrected chi connectivity index (χ3v) is 9.58. The van der Waals surface area contributed by atoms with Crippen LogP contribution in [0.3, 0.4) is 0 Å². The number of piperidine rings is 1. The molecule has 2 amide bonds. The lowest BCUT2D eigenvalue weighted by Gasteiger charge is -2.49. The van der Waals surface area contributed by atoms with Gasteiger partial charge in [-0.2, -0.15) is 37.7 Å². The number of rotatable bonds is 7. The normalized spacial score (nSPS) is 22.5. The number of thiophene rings is 1. The molecule has 0 aliphatic carbocycles. The number of nitrogens with zero attached hydrogens (tertiary/aromatic N) is 3. The van der Waals surface area contributed by atoms with Crippen molar-refractivity contribution in [3.63, 3.8) is 0 Å². The van der Waals surface area contributed by atoms with Gasteiger partial charge in [-0.1, -0.05) is 13.3 Å². The number of aryl methyl sites for hydroxylation is 1. The average Bonchev–Trinajstić information content (AvgIpc) is 3.66. The van der Waals surface area contributed by atoms with Crippen LogP contribution in [0.4, 0.5) is 26.3 Å². The molecule has 2 fully saturated rings. The average molecular weight is 654 g/mol. The van der Waals surface area contributed by atoms with Crippen LogP contribution in [-0.2, 0) is 17.1 Å². The summed E-state index contributed by atoms with van der Waals surface area (Å²) in [7, 11) is 0. The van der Waals surface area contributed by atoms with Gasteiger partial charge in [0, 0.05) is 44.4 Å². The van der Waals surface area contributed by atoms with Crippen LogP contribution < -0.4 is 4.74 Å². The first-order valence-corrected chi connectivity index (χ1v) is 15.7. The number of carbonyl (C=O) groups excluding carboxylic acids is 2. The molecule has 5 rings (SSSR count). The van der Waals surface area contributed by atoms with Crippen LogP contribution in [0.15, 0.2) is 53.5 Å². The smallest absolute Gasteiger partial charge is 0.417 e. The zero-order valence-corrected chi connectivity index (χ0v) is 25.6. The number of ether oxygens (including phenoxy) is 1. The van der Waals surface area contributed by atoms with E-state index in [0.717, 1.165) is 53.9 Å². The number of amides is 2. The number of hydrogen-bond acceptors (Lipinski definition) is 5. The van der Waals surface area contributed by atoms with Crippen LogP contribution in [0.5, 0.6) is 5.75 Å². The minimum atomic E-state index is -4.82. The fraction of sp³-hybridized carbons (Fsp3) is 0.469. The molecule has 13 heteroatoms. The van der Waals surface area contributed by atoms with E-state index in [9.17, 15) is 35.9 Å². The molecule has 0 N–H and O–H groups in total. The Morgan fingerprint density at radius 1 is 1.04 bits per heavy atom. The Kier molecular flexibility index (Phi) is 9.21. The number of benzene rings is 1. The first kappa shape index (κ1) is 32.8. The maximum absolute atomic E-state index is 14.7. The predicted octanol–water partition coefficient (Wildman–Crippen LogP) is 7.73. The van der Waals surface area contributed by atoms with Gasteiger partial charge in [0.05, 0.1) is 22.7 Å². The van der Waals surface area contributed by atoms with Gasteiger partial charge in [0.2, 0.25) is 5.60 Å². The summed E-state index contributed by atoms with van der Waals surface area (Å²) < 4.78 is 88.2. The fourth-order valence-corrected chi connectivity index (χ4v) is 7.48. The van der Waals surface area contributed by atoms with Crippen LogP contribution in [0.25, 0.3) is 0 Å². The van der Waals surface area contributed by atoms with Crippen LogP contribution in [0.1, 0.15) is 77.6 Å². The largest absolute Gasteiger partial charge is 0.475 e. The van der Waals surface area contributed by atoms with E-state index in [4.69, 9.17) is 4.74 Å². The Morgan fingerprint density at radius 2 is 1.78 bits per heavy atom. The van der Waals surface area contributed by atoms with E-state index in [2.05, 4.69) is 10.4 Å². The second-order valence-electron chi connectivity index (χ2n) is 11.6. The zero-order valence-electron chi connectivity index (χ0n) is 24.8. The second kappa shape index (κ2) is 12.6. The molecule has 2 aliphatic heterocycles. The van der Waals surface area contributed by atoms with Gasteiger partial charge in [-0.15, -0.1) is 0 Å². The van der Waals surface area contributed by atoms with Crippen LogP contribution in [0, 0.1) is 6.92 Å². The van der Waals surface area contributed by atoms with Crippen molar-refractivity contribution in [2.75, 3.05) is 19.6 Å². The number of carbonyl (C=O) groups is 2. The van der Waals surface area contributed by atoms with Crippen LogP contribution in [0.2, 0.25) is 0 Å². The third kappa shape index (κ3) is 6.54. The van der Waals surface area contributed by atoms with Gasteiger partial charge in [0.25, 0.3) is 11.8 Å². The molecule has 2 aliphatic rings. The summed E-state index contributed by atoms with van der Waals surface area (Å²) in [5, 5.41) is 4.08. The number of aromatic nitrogens is 1. The molecule has 1 aromatic carbocycles. The van der Waals surface area contributed by atoms with E-state index in [-0.39, 0.29) is 37.5 Å². The monoisotopic (exact) mass is 653 g/mol. The molecule has 0 bridgehead atoms. The van der Waals surface area contributed by atoms with Crippen molar-refractivity contribution in [1.82, 2.24) is 14.8 Å². The molecule has 1 unspecified atom stereocenters. The lowest BCUT2D eigenvalue weighted by atomic mass is 9.79. The molecule has 0 spiro atoms. The van der Waals surface area contributed by atoms with Crippen LogP contribution >= 0.6 is 11.3 Å². The van der Waals surface area contributed by atoms with Crippen molar-refractivity contribution < 1.29 is 40.7 Å². The molecule has 0 radical (unpaired) electrons. The van der Waals surface area contributed by atoms with Crippen molar-refractivity contribution in [2.45, 2.75) is 75.9 Å². The van der Waals surface area contributed by atoms with E-state index in [1.807, 2.05) is 19.2 Å². The molecule has 0 saturated carbocycles. The molecular weight excluding hydrogens is 620 g/mol. The highest BCUT2D eigenvalue weighted by Crippen LogP contribution is 2.42. The maximum Gasteiger partial charge on any atom is 0.417 e. The Hall–Kier alpha value is -3.61. The number of hydrogen-bond donors (Lipinski definition) is 0. The van der Waals surface area contributed by atoms with Gasteiger partial charge >= 0.3 is 12.4 Å². The summed E-state index contributed by atoms with van der Waals surface area (Å²) in [5.74, 6) is -1.31. The topological polar surface area (TPSA) is 62.7 Å². The lowest BCUT2D eigenvalue weighted by molar-refractivity contribution is -0.158. The van der Waals surface area contributed by atoms with Gasteiger partial charge < -0.3 is 14.5 Å². The molecule has 242 valence electrons. The Bertz CT molecular complexity index is 1520. The Labute approximate surface area is 261 Å². The van der Waals surface area contributed by atoms with Gasteiger partial charge in [-0.25, -0.2) is 0 Å². The van der Waals surface area contributed by atoms with Crippen molar-refractivity contribution >= 4 is 23.2 Å². The van der Waals surface area contributed by atoms with Crippen molar-refractivity contribution in [3.8, 4) is 5.75 Å². The van der Waals surface area contributed by atoms with Gasteiger partial charge in [-0.3, -0.25) is 14.6 Å². The van der Waals surface area contributed by atoms with Crippen molar-refractivity contribution in [1.29, 1.82) is 0 Å². The van der Waals surface area contributed by atoms with E-state index in [1.165, 1.54) is 4.90 Å². The summed E-state index contributed by atoms with van der Waals surface area (Å²) in [4.78, 5) is 35.3. The molecule has 3 atom stereocenters. The standard InChI is InChI=1S/C32H33F6N3O3S/c1-3-5-27-30(44-23-8-6-22(7-9-23)31(33,34)35,29(43)40-15-11-21(17-40)25-19-45-18-20(25)2)12-4-14-41(27)28(42)24-16-39-13-10-26(24)32(36,37)38/h6-10,13,16,18-19,21,27H,3-5,11-12,14-15,17H2,1-2H3/t21?,27-,30+/m1/s1. The SMILES string of the molecule is CCC[C@H]1N(C(=O)c2cnccc2C(F)(F)F)CCC[C@@]1(Oc1ccc(C(F)(F)F)cc1)C(=O)N1CCC(c2cscc2C)C1. The minimum Gasteiger partial charge on any atom is -0.475 e. The van der Waals surface area contributed by atoms with Crippen molar-refractivity contribution in [3.05, 3.63) is 81.3 Å². The van der Waals surface area contributed by atoms with E-state index < -0.39 is 52.5 Å². The highest BCUT2D eigenvalue weighted by molar-refractivity contribution is 7.08. The number of likely N-dealkylation sites (tertiary alicyclic amines) is 2. The first-order chi connectivity index (χ1) is 21.3. The fourth-order valence-electron chi connectivity index (χ4n) is 6.55. The third-order valence-electron chi connectivity index (χ3n) is 8.70. The number of alkyl halides is 6. The Morgan fingerprint density at radius 3 is 2.40 bits per heavy atom. The van der Waals surface area contributed by atoms with E-state index >= 15 is 0 Å². The summed E-state index contributed by atoms with van der Waals surface area (Å²) in [6.07, 6.45) is -5.88. The summed E-state index contributed by atoms with van der Waals surface area (Å²) in [6, 6.07) is 3.70. The van der Waals surface area contributed by atoms with Gasteiger partial charge in [-0.05, 0) is 78.4 Å². The highest BCUT2D eigenvalue weighted by Gasteiger charge is 2.56. The molecule has 4 heterocycles. The maximum atomic E-state index is 14.7. The van der Waals surface area contributed by atoms with E-state index in [0.29, 0.717) is 25.9 Å². The molecule has 2 saturated heterocycles. The molecule has 45 heavy (non-hydrogen) atoms. The lowest BCUT2D eigenvalue weighted by Crippen LogP contribution is -2.67. The molecule has 2 aromatic heterocycles. The Balaban J connectivity index is 1.56. The zero-order chi connectivity index (χ0) is 32.6. The summed E-state index contributed by atoms with van der Waals surface area (Å²) in [5.41, 5.74) is -2.18. The van der Waals surface area contributed by atoms with E-state index in [1.54, 1.807) is 16.2 Å². The summed E-state index contributed by atoms with van der Waals surface area (Å²) >= 11 is 1.57. The predicted molar refractivity (Wildman–Crippen MR) is 156 cm³/mol. The van der Waals surface area contributed by atoms with Crippen LogP contribution in [-0.4, -0.2) is 57.9 Å². The van der Waals surface area contributed by atoms with Crippen molar-refractivity contribution in [2.24, 2.45) is 0 Å². The number of halogens is 6. The second-order valence-corrected chi connectivity index (χ2v) is 12.3. The van der Waals surface area contributed by atoms with Gasteiger partial charge in [0.1, 0.15) is 5.75 Å². The number of pyridine rings is 1. The summed E-state index contributed by atoms with van der Waals surface area (Å²) in [6.45, 7) is 4.66. The van der Waals surface area contributed by atoms with Gasteiger partial charge in [0.15, 0.2) is 0 Å².